The third kappa shape index (κ3) is 2.14. The van der Waals surface area contributed by atoms with Crippen LogP contribution in [-0.2, 0) is 7.05 Å². The third-order valence-electron chi connectivity index (χ3n) is 3.05. The molecule has 2 aromatic carbocycles. The molecule has 100 valence electrons. The van der Waals surface area contributed by atoms with Gasteiger partial charge in [-0.2, -0.15) is 5.10 Å². The molecule has 0 aliphatic heterocycles. The molecular weight excluding hydrogens is 255 g/mol. The van der Waals surface area contributed by atoms with Crippen LogP contribution in [0, 0.1) is 5.82 Å². The Balaban J connectivity index is 2.10. The molecule has 0 atom stereocenters. The largest absolute Gasteiger partial charge is 0.398 e. The average Bonchev–Trinajstić information content (AvgIpc) is 2.82. The van der Waals surface area contributed by atoms with Gasteiger partial charge in [0.1, 0.15) is 5.82 Å². The lowest BCUT2D eigenvalue weighted by Crippen LogP contribution is -1.98. The number of hydrogen-bond acceptors (Lipinski definition) is 3. The highest BCUT2D eigenvalue weighted by Crippen LogP contribution is 2.26. The van der Waals surface area contributed by atoms with E-state index in [1.165, 1.54) is 12.1 Å². The predicted octanol–water partition coefficient (Wildman–Crippen LogP) is 2.87. The molecule has 0 saturated carbocycles. The lowest BCUT2D eigenvalue weighted by Gasteiger charge is -2.03. The van der Waals surface area contributed by atoms with E-state index < -0.39 is 0 Å². The number of nitrogens with zero attached hydrogens (tertiary/aromatic N) is 3. The van der Waals surface area contributed by atoms with Crippen LogP contribution in [0.3, 0.4) is 0 Å². The fourth-order valence-electron chi connectivity index (χ4n) is 2.07. The molecule has 0 unspecified atom stereocenters. The van der Waals surface area contributed by atoms with Crippen molar-refractivity contribution in [3.8, 4) is 22.8 Å². The van der Waals surface area contributed by atoms with Crippen molar-refractivity contribution >= 4 is 5.69 Å². The molecule has 0 fully saturated rings. The highest BCUT2D eigenvalue weighted by atomic mass is 19.1. The monoisotopic (exact) mass is 268 g/mol. The second kappa shape index (κ2) is 4.77. The summed E-state index contributed by atoms with van der Waals surface area (Å²) < 4.78 is 14.8. The molecule has 0 saturated heterocycles. The van der Waals surface area contributed by atoms with Gasteiger partial charge in [-0.25, -0.2) is 14.1 Å². The number of benzene rings is 2. The van der Waals surface area contributed by atoms with Gasteiger partial charge in [-0.3, -0.25) is 0 Å². The molecule has 3 rings (SSSR count). The van der Waals surface area contributed by atoms with E-state index >= 15 is 0 Å². The van der Waals surface area contributed by atoms with Crippen molar-refractivity contribution in [2.45, 2.75) is 0 Å². The van der Waals surface area contributed by atoms with Crippen LogP contribution in [-0.4, -0.2) is 14.8 Å². The first kappa shape index (κ1) is 12.3. The Hall–Kier alpha value is -2.69. The Labute approximate surface area is 115 Å². The van der Waals surface area contributed by atoms with Crippen molar-refractivity contribution in [1.29, 1.82) is 0 Å². The van der Waals surface area contributed by atoms with Gasteiger partial charge in [0.15, 0.2) is 11.6 Å². The first-order valence-corrected chi connectivity index (χ1v) is 6.17. The van der Waals surface area contributed by atoms with Gasteiger partial charge in [-0.15, -0.1) is 0 Å². The highest BCUT2D eigenvalue weighted by molar-refractivity contribution is 5.73. The Bertz CT molecular complexity index is 750. The number of anilines is 1. The molecule has 20 heavy (non-hydrogen) atoms. The number of halogens is 1. The van der Waals surface area contributed by atoms with Crippen molar-refractivity contribution in [2.24, 2.45) is 7.05 Å². The topological polar surface area (TPSA) is 56.7 Å². The quantitative estimate of drug-likeness (QED) is 0.727. The summed E-state index contributed by atoms with van der Waals surface area (Å²) in [6.07, 6.45) is 0. The first-order valence-electron chi connectivity index (χ1n) is 6.17. The van der Waals surface area contributed by atoms with E-state index in [0.717, 1.165) is 5.56 Å². The van der Waals surface area contributed by atoms with E-state index in [0.29, 0.717) is 22.9 Å². The van der Waals surface area contributed by atoms with Crippen LogP contribution in [0.2, 0.25) is 0 Å². The SMILES string of the molecule is Cn1nc(-c2ccccc2)nc1-c1ccc(F)cc1N. The van der Waals surface area contributed by atoms with Crippen LogP contribution in [0.1, 0.15) is 0 Å². The molecule has 5 heteroatoms. The third-order valence-corrected chi connectivity index (χ3v) is 3.05. The average molecular weight is 268 g/mol. The lowest BCUT2D eigenvalue weighted by molar-refractivity contribution is 0.628. The maximum atomic E-state index is 13.1. The van der Waals surface area contributed by atoms with Crippen molar-refractivity contribution in [2.75, 3.05) is 5.73 Å². The molecule has 0 radical (unpaired) electrons. The molecule has 0 aliphatic rings. The summed E-state index contributed by atoms with van der Waals surface area (Å²) in [7, 11) is 1.79. The summed E-state index contributed by atoms with van der Waals surface area (Å²) >= 11 is 0. The predicted molar refractivity (Wildman–Crippen MR) is 76.2 cm³/mol. The van der Waals surface area contributed by atoms with E-state index in [-0.39, 0.29) is 5.82 Å². The molecule has 3 aromatic rings. The summed E-state index contributed by atoms with van der Waals surface area (Å²) in [5.74, 6) is 0.866. The maximum Gasteiger partial charge on any atom is 0.181 e. The molecule has 4 nitrogen and oxygen atoms in total. The fraction of sp³-hybridized carbons (Fsp3) is 0.0667. The summed E-state index contributed by atoms with van der Waals surface area (Å²) in [6, 6.07) is 13.9. The second-order valence-corrected chi connectivity index (χ2v) is 4.48. The fourth-order valence-corrected chi connectivity index (χ4v) is 2.07. The highest BCUT2D eigenvalue weighted by Gasteiger charge is 2.13. The van der Waals surface area contributed by atoms with E-state index in [1.807, 2.05) is 30.3 Å². The van der Waals surface area contributed by atoms with Crippen LogP contribution in [0.5, 0.6) is 0 Å². The van der Waals surface area contributed by atoms with Crippen molar-refractivity contribution < 1.29 is 4.39 Å². The molecule has 0 spiro atoms. The zero-order chi connectivity index (χ0) is 14.1. The number of aromatic nitrogens is 3. The van der Waals surface area contributed by atoms with E-state index in [2.05, 4.69) is 10.1 Å². The number of nitrogen functional groups attached to an aromatic ring is 1. The normalized spacial score (nSPS) is 10.7. The summed E-state index contributed by atoms with van der Waals surface area (Å²) in [4.78, 5) is 4.49. The standard InChI is InChI=1S/C15H13FN4/c1-20-15(12-8-7-11(16)9-13(12)17)18-14(19-20)10-5-3-2-4-6-10/h2-9H,17H2,1H3. The second-order valence-electron chi connectivity index (χ2n) is 4.48. The van der Waals surface area contributed by atoms with E-state index in [4.69, 9.17) is 5.73 Å². The Morgan fingerprint density at radius 3 is 2.55 bits per heavy atom. The van der Waals surface area contributed by atoms with Crippen LogP contribution >= 0.6 is 0 Å². The number of nitrogens with two attached hydrogens (primary N) is 1. The van der Waals surface area contributed by atoms with Crippen LogP contribution in [0.4, 0.5) is 10.1 Å². The number of hydrogen-bond donors (Lipinski definition) is 1. The first-order chi connectivity index (χ1) is 9.65. The van der Waals surface area contributed by atoms with Gasteiger partial charge in [-0.1, -0.05) is 30.3 Å². The van der Waals surface area contributed by atoms with Gasteiger partial charge < -0.3 is 5.73 Å². The van der Waals surface area contributed by atoms with Gasteiger partial charge in [-0.05, 0) is 18.2 Å². The molecule has 0 amide bonds. The Kier molecular flexibility index (Phi) is 2.95. The zero-order valence-electron chi connectivity index (χ0n) is 10.9. The van der Waals surface area contributed by atoms with Crippen LogP contribution in [0.25, 0.3) is 22.8 Å². The van der Waals surface area contributed by atoms with Gasteiger partial charge in [0.25, 0.3) is 0 Å². The summed E-state index contributed by atoms with van der Waals surface area (Å²) in [5.41, 5.74) is 7.79. The van der Waals surface area contributed by atoms with Crippen LogP contribution < -0.4 is 5.73 Å². The molecule has 0 bridgehead atoms. The van der Waals surface area contributed by atoms with Gasteiger partial charge >= 0.3 is 0 Å². The maximum absolute atomic E-state index is 13.1. The molecule has 1 aromatic heterocycles. The van der Waals surface area contributed by atoms with Gasteiger partial charge in [0.05, 0.1) is 0 Å². The van der Waals surface area contributed by atoms with E-state index in [1.54, 1.807) is 17.8 Å². The minimum absolute atomic E-state index is 0.347. The molecule has 2 N–H and O–H groups in total. The zero-order valence-corrected chi connectivity index (χ0v) is 10.9. The van der Waals surface area contributed by atoms with Crippen molar-refractivity contribution in [3.63, 3.8) is 0 Å². The minimum atomic E-state index is -0.364. The number of rotatable bonds is 2. The number of aryl methyl sites for hydroxylation is 1. The van der Waals surface area contributed by atoms with Crippen LogP contribution in [0.15, 0.2) is 48.5 Å². The molecule has 0 aliphatic carbocycles. The van der Waals surface area contributed by atoms with Gasteiger partial charge in [0.2, 0.25) is 0 Å². The molecule has 1 heterocycles. The van der Waals surface area contributed by atoms with Crippen molar-refractivity contribution in [1.82, 2.24) is 14.8 Å². The lowest BCUT2D eigenvalue weighted by atomic mass is 10.1. The summed E-state index contributed by atoms with van der Waals surface area (Å²) in [6.45, 7) is 0. The Morgan fingerprint density at radius 2 is 1.85 bits per heavy atom. The molecular formula is C15H13FN4. The van der Waals surface area contributed by atoms with Gasteiger partial charge in [0, 0.05) is 23.9 Å². The van der Waals surface area contributed by atoms with E-state index in [9.17, 15) is 4.39 Å². The smallest absolute Gasteiger partial charge is 0.181 e. The van der Waals surface area contributed by atoms with Crippen molar-refractivity contribution in [3.05, 3.63) is 54.3 Å². The summed E-state index contributed by atoms with van der Waals surface area (Å²) in [5, 5.41) is 4.38. The minimum Gasteiger partial charge on any atom is -0.398 e. The Morgan fingerprint density at radius 1 is 1.10 bits per heavy atom.